The van der Waals surface area contributed by atoms with Crippen LogP contribution in [0.5, 0.6) is 0 Å². The van der Waals surface area contributed by atoms with Gasteiger partial charge in [-0.15, -0.1) is 0 Å². The maximum absolute atomic E-state index is 12.4. The molecule has 0 unspecified atom stereocenters. The fourth-order valence-corrected chi connectivity index (χ4v) is 3.80. The molecule has 1 atom stereocenters. The number of carbonyl (C=O) groups excluding carboxylic acids is 1. The molecule has 0 aliphatic carbocycles. The van der Waals surface area contributed by atoms with Crippen LogP contribution in [0.4, 0.5) is 0 Å². The van der Waals surface area contributed by atoms with Crippen molar-refractivity contribution in [3.8, 4) is 0 Å². The molecule has 1 heterocycles. The quantitative estimate of drug-likeness (QED) is 0.678. The molecule has 0 bridgehead atoms. The topological polar surface area (TPSA) is 38.0 Å². The van der Waals surface area contributed by atoms with Crippen LogP contribution in [0.25, 0.3) is 0 Å². The fourth-order valence-electron chi connectivity index (χ4n) is 3.59. The summed E-state index contributed by atoms with van der Waals surface area (Å²) >= 11 is 6.07. The van der Waals surface area contributed by atoms with Crippen LogP contribution in [0.3, 0.4) is 0 Å². The van der Waals surface area contributed by atoms with Crippen LogP contribution in [0.15, 0.2) is 54.6 Å². The summed E-state index contributed by atoms with van der Waals surface area (Å²) in [6, 6.07) is 18.3. The van der Waals surface area contributed by atoms with Crippen LogP contribution in [-0.2, 0) is 11.3 Å². The van der Waals surface area contributed by atoms with Gasteiger partial charge in [-0.1, -0.05) is 54.1 Å². The summed E-state index contributed by atoms with van der Waals surface area (Å²) in [5.41, 5.74) is 2.43. The summed E-state index contributed by atoms with van der Waals surface area (Å²) in [4.78, 5) is 15.3. The van der Waals surface area contributed by atoms with Gasteiger partial charge in [0.2, 0.25) is 0 Å². The highest BCUT2D eigenvalue weighted by molar-refractivity contribution is 6.30. The van der Waals surface area contributed by atoms with Crippen LogP contribution < -0.4 is 15.1 Å². The summed E-state index contributed by atoms with van der Waals surface area (Å²) in [5, 5.41) is 3.92. The Morgan fingerprint density at radius 3 is 2.42 bits per heavy atom. The van der Waals surface area contributed by atoms with Crippen molar-refractivity contribution in [2.24, 2.45) is 0 Å². The van der Waals surface area contributed by atoms with Gasteiger partial charge in [0.1, 0.15) is 32.7 Å². The predicted octanol–water partition coefficient (Wildman–Crippen LogP) is 0.501. The lowest BCUT2D eigenvalue weighted by atomic mass is 10.1. The van der Waals surface area contributed by atoms with Gasteiger partial charge >= 0.3 is 0 Å². The van der Waals surface area contributed by atoms with Gasteiger partial charge in [0, 0.05) is 10.6 Å². The molecule has 0 aromatic heterocycles. The van der Waals surface area contributed by atoms with Gasteiger partial charge in [0.15, 0.2) is 6.54 Å². The second-order valence-corrected chi connectivity index (χ2v) is 7.62. The highest BCUT2D eigenvalue weighted by Crippen LogP contribution is 2.10. The molecule has 2 aromatic carbocycles. The Balaban J connectivity index is 1.41. The van der Waals surface area contributed by atoms with Gasteiger partial charge in [0.05, 0.1) is 6.04 Å². The van der Waals surface area contributed by atoms with E-state index in [1.54, 1.807) is 4.90 Å². The normalized spacial score (nSPS) is 21.2. The lowest BCUT2D eigenvalue weighted by molar-refractivity contribution is -1.02. The number of hydrogen-bond donors (Lipinski definition) is 3. The summed E-state index contributed by atoms with van der Waals surface area (Å²) in [7, 11) is 0. The number of piperazine rings is 1. The minimum atomic E-state index is 0.0536. The highest BCUT2D eigenvalue weighted by atomic mass is 35.5. The van der Waals surface area contributed by atoms with E-state index < -0.39 is 0 Å². The molecule has 1 saturated heterocycles. The number of nitrogens with one attached hydrogen (secondary N) is 3. The number of halogens is 1. The zero-order valence-electron chi connectivity index (χ0n) is 15.3. The van der Waals surface area contributed by atoms with Crippen LogP contribution >= 0.6 is 11.6 Å². The number of hydrogen-bond acceptors (Lipinski definition) is 1. The number of benzene rings is 2. The number of quaternary nitrogens is 2. The molecule has 3 rings (SSSR count). The summed E-state index contributed by atoms with van der Waals surface area (Å²) < 4.78 is 0. The lowest BCUT2D eigenvalue weighted by Gasteiger charge is -2.29. The molecule has 26 heavy (non-hydrogen) atoms. The maximum Gasteiger partial charge on any atom is 0.275 e. The monoisotopic (exact) mass is 373 g/mol. The molecular weight excluding hydrogens is 346 g/mol. The third kappa shape index (κ3) is 5.56. The molecule has 1 amide bonds. The minimum Gasteiger partial charge on any atom is -0.345 e. The van der Waals surface area contributed by atoms with E-state index in [1.165, 1.54) is 10.5 Å². The Bertz CT molecular complexity index is 714. The molecule has 0 saturated carbocycles. The SMILES string of the molecule is C[C@@H](NC(=O)C[NH+]1CC[NH+](Cc2cccc(Cl)c2)CC1)c1ccccc1. The molecular formula is C21H28ClN3O+2. The Kier molecular flexibility index (Phi) is 6.67. The first-order valence-corrected chi connectivity index (χ1v) is 9.74. The average Bonchev–Trinajstić information content (AvgIpc) is 2.64. The Morgan fingerprint density at radius 2 is 1.73 bits per heavy atom. The Morgan fingerprint density at radius 1 is 1.04 bits per heavy atom. The molecule has 1 aliphatic rings. The summed E-state index contributed by atoms with van der Waals surface area (Å²) in [6.07, 6.45) is 0. The van der Waals surface area contributed by atoms with Crippen LogP contribution in [-0.4, -0.2) is 38.6 Å². The second-order valence-electron chi connectivity index (χ2n) is 7.18. The number of rotatable bonds is 6. The van der Waals surface area contributed by atoms with Gasteiger partial charge in [-0.25, -0.2) is 0 Å². The van der Waals surface area contributed by atoms with Crippen molar-refractivity contribution >= 4 is 17.5 Å². The third-order valence-corrected chi connectivity index (χ3v) is 5.33. The standard InChI is InChI=1S/C21H26ClN3O/c1-17(19-7-3-2-4-8-19)23-21(26)16-25-12-10-24(11-13-25)15-18-6-5-9-20(22)14-18/h2-9,14,17H,10-13,15-16H2,1H3,(H,23,26)/p+2/t17-/m1/s1. The molecule has 1 fully saturated rings. The molecule has 0 radical (unpaired) electrons. The van der Waals surface area contributed by atoms with Crippen molar-refractivity contribution in [2.45, 2.75) is 19.5 Å². The van der Waals surface area contributed by atoms with E-state index in [0.29, 0.717) is 6.54 Å². The van der Waals surface area contributed by atoms with Gasteiger partial charge in [-0.2, -0.15) is 0 Å². The third-order valence-electron chi connectivity index (χ3n) is 5.09. The van der Waals surface area contributed by atoms with E-state index >= 15 is 0 Å². The van der Waals surface area contributed by atoms with Crippen molar-refractivity contribution in [2.75, 3.05) is 32.7 Å². The molecule has 3 N–H and O–H groups in total. The minimum absolute atomic E-state index is 0.0536. The smallest absolute Gasteiger partial charge is 0.275 e. The van der Waals surface area contributed by atoms with Gasteiger partial charge in [0.25, 0.3) is 5.91 Å². The van der Waals surface area contributed by atoms with Crippen molar-refractivity contribution < 1.29 is 14.6 Å². The van der Waals surface area contributed by atoms with Crippen LogP contribution in [0, 0.1) is 0 Å². The molecule has 4 nitrogen and oxygen atoms in total. The molecule has 1 aliphatic heterocycles. The molecule has 2 aromatic rings. The first kappa shape index (κ1) is 18.9. The van der Waals surface area contributed by atoms with Crippen LogP contribution in [0.1, 0.15) is 24.1 Å². The van der Waals surface area contributed by atoms with E-state index in [-0.39, 0.29) is 11.9 Å². The van der Waals surface area contributed by atoms with E-state index in [9.17, 15) is 4.79 Å². The van der Waals surface area contributed by atoms with Crippen molar-refractivity contribution in [3.63, 3.8) is 0 Å². The highest BCUT2D eigenvalue weighted by Gasteiger charge is 2.25. The van der Waals surface area contributed by atoms with E-state index in [1.807, 2.05) is 43.3 Å². The van der Waals surface area contributed by atoms with Crippen molar-refractivity contribution in [3.05, 3.63) is 70.7 Å². The van der Waals surface area contributed by atoms with Crippen molar-refractivity contribution in [1.82, 2.24) is 5.32 Å². The first-order valence-electron chi connectivity index (χ1n) is 9.36. The van der Waals surface area contributed by atoms with E-state index in [0.717, 1.165) is 43.3 Å². The predicted molar refractivity (Wildman–Crippen MR) is 104 cm³/mol. The largest absolute Gasteiger partial charge is 0.345 e. The zero-order chi connectivity index (χ0) is 18.4. The van der Waals surface area contributed by atoms with Gasteiger partial charge < -0.3 is 15.1 Å². The van der Waals surface area contributed by atoms with E-state index in [4.69, 9.17) is 11.6 Å². The summed E-state index contributed by atoms with van der Waals surface area (Å²) in [5.74, 6) is 0.134. The summed E-state index contributed by atoms with van der Waals surface area (Å²) in [6.45, 7) is 7.83. The molecule has 5 heteroatoms. The Hall–Kier alpha value is -1.88. The average molecular weight is 374 g/mol. The zero-order valence-corrected chi connectivity index (χ0v) is 16.1. The van der Waals surface area contributed by atoms with Crippen molar-refractivity contribution in [1.29, 1.82) is 0 Å². The maximum atomic E-state index is 12.4. The second kappa shape index (κ2) is 9.17. The lowest BCUT2D eigenvalue weighted by Crippen LogP contribution is -3.28. The van der Waals surface area contributed by atoms with Gasteiger partial charge in [-0.3, -0.25) is 4.79 Å². The number of carbonyl (C=O) groups is 1. The van der Waals surface area contributed by atoms with E-state index in [2.05, 4.69) is 23.5 Å². The first-order chi connectivity index (χ1) is 12.6. The van der Waals surface area contributed by atoms with Crippen LogP contribution in [0.2, 0.25) is 5.02 Å². The number of amides is 1. The molecule has 138 valence electrons. The Labute approximate surface area is 160 Å². The van der Waals surface area contributed by atoms with Gasteiger partial charge in [-0.05, 0) is 24.6 Å². The fraction of sp³-hybridized carbons (Fsp3) is 0.381. The molecule has 0 spiro atoms.